The number of carbonyl (C=O) groups is 3. The van der Waals surface area contributed by atoms with Gasteiger partial charge in [-0.15, -0.1) is 0 Å². The summed E-state index contributed by atoms with van der Waals surface area (Å²) >= 11 is 6.44. The van der Waals surface area contributed by atoms with Crippen LogP contribution in [0.15, 0.2) is 48.5 Å². The molecular weight excluding hydrogens is 404 g/mol. The highest BCUT2D eigenvalue weighted by atomic mass is 35.5. The molecular formula is C19H17ClN2O5S. The number of carboxylic acid groups (broad SMARTS) is 1. The smallest absolute Gasteiger partial charge is 0.322 e. The lowest BCUT2D eigenvalue weighted by atomic mass is 10.1. The van der Waals surface area contributed by atoms with Gasteiger partial charge in [-0.2, -0.15) is 0 Å². The lowest BCUT2D eigenvalue weighted by molar-refractivity contribution is -0.138. The van der Waals surface area contributed by atoms with Gasteiger partial charge in [0, 0.05) is 0 Å². The number of carboxylic acids is 1. The highest BCUT2D eigenvalue weighted by molar-refractivity contribution is 8.15. The molecule has 3 rings (SSSR count). The van der Waals surface area contributed by atoms with Crippen LogP contribution in [0.4, 0.5) is 4.79 Å². The Balaban J connectivity index is 1.57. The van der Waals surface area contributed by atoms with E-state index < -0.39 is 17.3 Å². The zero-order valence-electron chi connectivity index (χ0n) is 14.6. The molecule has 2 aromatic carbocycles. The summed E-state index contributed by atoms with van der Waals surface area (Å²) < 4.78 is 5.78. The van der Waals surface area contributed by atoms with Crippen LogP contribution in [0.25, 0.3) is 0 Å². The summed E-state index contributed by atoms with van der Waals surface area (Å²) in [6.45, 7) is 0. The van der Waals surface area contributed by atoms with Gasteiger partial charge in [0.1, 0.15) is 17.5 Å². The van der Waals surface area contributed by atoms with Gasteiger partial charge in [0.15, 0.2) is 0 Å². The summed E-state index contributed by atoms with van der Waals surface area (Å²) in [6, 6.07) is 13.5. The summed E-state index contributed by atoms with van der Waals surface area (Å²) in [5, 5.41) is 10.6. The van der Waals surface area contributed by atoms with E-state index in [0.29, 0.717) is 17.9 Å². The largest absolute Gasteiger partial charge is 0.480 e. The van der Waals surface area contributed by atoms with Crippen LogP contribution in [0, 0.1) is 0 Å². The van der Waals surface area contributed by atoms with Gasteiger partial charge in [-0.3, -0.25) is 19.7 Å². The summed E-state index contributed by atoms with van der Waals surface area (Å²) in [6.07, 6.45) is 0.722. The molecule has 28 heavy (non-hydrogen) atoms. The Morgan fingerprint density at radius 1 is 1.11 bits per heavy atom. The molecule has 1 aliphatic heterocycles. The van der Waals surface area contributed by atoms with Crippen molar-refractivity contribution in [3.8, 4) is 11.5 Å². The third kappa shape index (κ3) is 5.25. The highest BCUT2D eigenvalue weighted by Crippen LogP contribution is 2.26. The Morgan fingerprint density at radius 3 is 2.14 bits per heavy atom. The minimum atomic E-state index is -1.02. The summed E-state index contributed by atoms with van der Waals surface area (Å²) in [7, 11) is 0. The van der Waals surface area contributed by atoms with E-state index in [9.17, 15) is 14.4 Å². The first kappa shape index (κ1) is 20.2. The number of nitrogens with one attached hydrogen (secondary N) is 2. The predicted molar refractivity (Wildman–Crippen MR) is 106 cm³/mol. The molecule has 2 aromatic rings. The van der Waals surface area contributed by atoms with Crippen LogP contribution >= 0.6 is 23.5 Å². The van der Waals surface area contributed by atoms with Crippen LogP contribution in [-0.4, -0.2) is 33.5 Å². The zero-order valence-corrected chi connectivity index (χ0v) is 16.1. The van der Waals surface area contributed by atoms with Crippen LogP contribution in [0.3, 0.4) is 0 Å². The summed E-state index contributed by atoms with van der Waals surface area (Å²) in [5.74, 6) is -0.0429. The molecule has 7 nitrogen and oxygen atoms in total. The lowest BCUT2D eigenvalue weighted by Gasteiger charge is -2.11. The molecule has 1 saturated heterocycles. The molecule has 3 N–H and O–H groups in total. The number of benzene rings is 2. The first-order chi connectivity index (χ1) is 13.4. The molecule has 0 radical (unpaired) electrons. The maximum Gasteiger partial charge on any atom is 0.322 e. The average molecular weight is 421 g/mol. The van der Waals surface area contributed by atoms with E-state index in [1.807, 2.05) is 12.1 Å². The van der Waals surface area contributed by atoms with E-state index in [1.165, 1.54) is 0 Å². The number of amides is 2. The number of rotatable bonds is 8. The second-order valence-corrected chi connectivity index (χ2v) is 7.58. The molecule has 0 aromatic heterocycles. The Bertz CT molecular complexity index is 873. The van der Waals surface area contributed by atoms with E-state index in [0.717, 1.165) is 22.9 Å². The van der Waals surface area contributed by atoms with E-state index in [4.69, 9.17) is 21.6 Å². The first-order valence-electron chi connectivity index (χ1n) is 8.41. The molecule has 0 saturated carbocycles. The molecule has 9 heteroatoms. The van der Waals surface area contributed by atoms with Crippen molar-refractivity contribution in [2.75, 3.05) is 0 Å². The Hall–Kier alpha value is -2.55. The van der Waals surface area contributed by atoms with E-state index in [1.54, 1.807) is 36.4 Å². The minimum Gasteiger partial charge on any atom is -0.480 e. The molecule has 2 atom stereocenters. The lowest BCUT2D eigenvalue weighted by Crippen LogP contribution is -2.32. The molecule has 1 unspecified atom stereocenters. The molecule has 1 fully saturated rings. The van der Waals surface area contributed by atoms with Gasteiger partial charge >= 0.3 is 5.97 Å². The van der Waals surface area contributed by atoms with Gasteiger partial charge in [0.05, 0.1) is 5.25 Å². The number of hydrogen-bond donors (Lipinski definition) is 3. The number of hydrogen-bond acceptors (Lipinski definition) is 6. The zero-order chi connectivity index (χ0) is 20.1. The summed E-state index contributed by atoms with van der Waals surface area (Å²) in [5.41, 5.74) is 1.74. The van der Waals surface area contributed by atoms with Crippen molar-refractivity contribution in [2.24, 2.45) is 0 Å². The third-order valence-electron chi connectivity index (χ3n) is 4.14. The van der Waals surface area contributed by atoms with Crippen LogP contribution < -0.4 is 14.9 Å². The quantitative estimate of drug-likeness (QED) is 0.563. The molecule has 1 heterocycles. The number of aliphatic carboxylic acids is 1. The van der Waals surface area contributed by atoms with Crippen molar-refractivity contribution in [3.63, 3.8) is 0 Å². The second kappa shape index (κ2) is 9.09. The fraction of sp³-hybridized carbons (Fsp3) is 0.211. The molecule has 1 aliphatic rings. The van der Waals surface area contributed by atoms with Gasteiger partial charge in [-0.25, -0.2) is 4.84 Å². The van der Waals surface area contributed by atoms with Gasteiger partial charge in [-0.1, -0.05) is 36.0 Å². The number of carbonyl (C=O) groups excluding carboxylic acids is 2. The molecule has 2 amide bonds. The molecule has 146 valence electrons. The minimum absolute atomic E-state index is 0.253. The van der Waals surface area contributed by atoms with Crippen LogP contribution in [0.2, 0.25) is 0 Å². The van der Waals surface area contributed by atoms with Crippen molar-refractivity contribution >= 4 is 40.7 Å². The fourth-order valence-corrected chi connectivity index (χ4v) is 3.70. The van der Waals surface area contributed by atoms with Crippen LogP contribution in [0.1, 0.15) is 11.1 Å². The van der Waals surface area contributed by atoms with Gasteiger partial charge < -0.3 is 9.84 Å². The Morgan fingerprint density at radius 2 is 1.68 bits per heavy atom. The van der Waals surface area contributed by atoms with Crippen molar-refractivity contribution < 1.29 is 24.2 Å². The monoisotopic (exact) mass is 420 g/mol. The summed E-state index contributed by atoms with van der Waals surface area (Å²) in [4.78, 5) is 36.1. The topological polar surface area (TPSA) is 105 Å². The van der Waals surface area contributed by atoms with Gasteiger partial charge in [0.2, 0.25) is 5.91 Å². The number of thioether (sulfide) groups is 1. The molecule has 0 spiro atoms. The van der Waals surface area contributed by atoms with Gasteiger partial charge in [0.25, 0.3) is 5.24 Å². The van der Waals surface area contributed by atoms with Crippen molar-refractivity contribution in [3.05, 3.63) is 59.7 Å². The van der Waals surface area contributed by atoms with Crippen molar-refractivity contribution in [1.29, 1.82) is 0 Å². The Kier molecular flexibility index (Phi) is 6.56. The first-order valence-corrected chi connectivity index (χ1v) is 9.66. The SMILES string of the molecule is O=C1NC(=O)C(Cc2ccc(Oc3ccc(C[C@H](NCl)C(=O)O)cc3)cc2)S1. The standard InChI is InChI=1S/C19H17ClN2O5S/c20-22-15(18(24)25)9-11-1-5-13(6-2-11)27-14-7-3-12(4-8-14)10-16-17(23)21-19(26)28-16/h1-8,15-16,22H,9-10H2,(H,24,25)(H,21,23,26)/t15-,16?/m0/s1. The number of imide groups is 1. The van der Waals surface area contributed by atoms with Crippen LogP contribution in [-0.2, 0) is 22.4 Å². The van der Waals surface area contributed by atoms with E-state index >= 15 is 0 Å². The third-order valence-corrected chi connectivity index (χ3v) is 5.38. The number of halogens is 1. The molecule has 0 bridgehead atoms. The average Bonchev–Trinajstić information content (AvgIpc) is 2.99. The van der Waals surface area contributed by atoms with Crippen molar-refractivity contribution in [2.45, 2.75) is 24.1 Å². The fourth-order valence-electron chi connectivity index (χ4n) is 2.67. The molecule has 0 aliphatic carbocycles. The number of ether oxygens (including phenoxy) is 1. The predicted octanol–water partition coefficient (Wildman–Crippen LogP) is 3.11. The Labute approximate surface area is 170 Å². The van der Waals surface area contributed by atoms with E-state index in [-0.39, 0.29) is 17.6 Å². The normalized spacial score (nSPS) is 17.2. The second-order valence-electron chi connectivity index (χ2n) is 6.18. The van der Waals surface area contributed by atoms with E-state index in [2.05, 4.69) is 10.2 Å². The highest BCUT2D eigenvalue weighted by Gasteiger charge is 2.31. The van der Waals surface area contributed by atoms with Crippen LogP contribution in [0.5, 0.6) is 11.5 Å². The van der Waals surface area contributed by atoms with Gasteiger partial charge in [-0.05, 0) is 60.0 Å². The van der Waals surface area contributed by atoms with Crippen molar-refractivity contribution in [1.82, 2.24) is 10.2 Å². The maximum absolute atomic E-state index is 11.6. The maximum atomic E-state index is 11.6.